The molecule has 0 unspecified atom stereocenters. The van der Waals surface area contributed by atoms with Crippen molar-refractivity contribution in [3.8, 4) is 0 Å². The minimum atomic E-state index is -0.396. The van der Waals surface area contributed by atoms with E-state index in [0.717, 1.165) is 26.1 Å². The quantitative estimate of drug-likeness (QED) is 0.806. The van der Waals surface area contributed by atoms with Gasteiger partial charge in [0.15, 0.2) is 0 Å². The topological polar surface area (TPSA) is 52.3 Å². The third-order valence-electron chi connectivity index (χ3n) is 3.30. The maximum absolute atomic E-state index is 10.9. The standard InChI is InChI=1S/C14H17NO2/c15-13(16)6-7-14(8-10-17-11-9-14)12-4-2-1-3-5-12/h1-7H,8-11H2,(H2,15,16)/b7-6-. The van der Waals surface area contributed by atoms with E-state index in [1.54, 1.807) is 0 Å². The molecule has 1 fully saturated rings. The molecule has 1 aliphatic heterocycles. The number of nitrogens with two attached hydrogens (primary N) is 1. The van der Waals surface area contributed by atoms with E-state index in [-0.39, 0.29) is 5.41 Å². The fraction of sp³-hybridized carbons (Fsp3) is 0.357. The number of benzene rings is 1. The molecule has 0 radical (unpaired) electrons. The Kier molecular flexibility index (Phi) is 3.59. The van der Waals surface area contributed by atoms with Crippen LogP contribution in [0.1, 0.15) is 18.4 Å². The third kappa shape index (κ3) is 2.74. The van der Waals surface area contributed by atoms with Crippen LogP contribution in [0, 0.1) is 0 Å². The van der Waals surface area contributed by atoms with Crippen molar-refractivity contribution >= 4 is 5.91 Å². The van der Waals surface area contributed by atoms with Crippen LogP contribution in [0.3, 0.4) is 0 Å². The highest BCUT2D eigenvalue weighted by molar-refractivity contribution is 5.86. The van der Waals surface area contributed by atoms with E-state index >= 15 is 0 Å². The average Bonchev–Trinajstić information content (AvgIpc) is 2.39. The number of carbonyl (C=O) groups is 1. The number of amides is 1. The molecule has 0 aliphatic carbocycles. The van der Waals surface area contributed by atoms with Crippen LogP contribution in [0.25, 0.3) is 0 Å². The van der Waals surface area contributed by atoms with Gasteiger partial charge in [-0.3, -0.25) is 4.79 Å². The van der Waals surface area contributed by atoms with Crippen molar-refractivity contribution in [2.24, 2.45) is 5.73 Å². The summed E-state index contributed by atoms with van der Waals surface area (Å²) in [6.45, 7) is 1.44. The summed E-state index contributed by atoms with van der Waals surface area (Å²) in [5, 5.41) is 0. The summed E-state index contributed by atoms with van der Waals surface area (Å²) < 4.78 is 5.40. The van der Waals surface area contributed by atoms with Gasteiger partial charge in [-0.1, -0.05) is 36.4 Å². The lowest BCUT2D eigenvalue weighted by molar-refractivity contribution is -0.113. The molecule has 0 saturated carbocycles. The van der Waals surface area contributed by atoms with Crippen molar-refractivity contribution in [1.29, 1.82) is 0 Å². The first-order valence-corrected chi connectivity index (χ1v) is 5.85. The van der Waals surface area contributed by atoms with Gasteiger partial charge in [0.25, 0.3) is 0 Å². The summed E-state index contributed by atoms with van der Waals surface area (Å²) in [6, 6.07) is 10.2. The molecule has 1 aliphatic rings. The van der Waals surface area contributed by atoms with Crippen molar-refractivity contribution in [1.82, 2.24) is 0 Å². The van der Waals surface area contributed by atoms with Crippen molar-refractivity contribution < 1.29 is 9.53 Å². The molecule has 0 spiro atoms. The first-order chi connectivity index (χ1) is 8.23. The van der Waals surface area contributed by atoms with Crippen molar-refractivity contribution in [2.45, 2.75) is 18.3 Å². The molecular formula is C14H17NO2. The molecule has 3 nitrogen and oxygen atoms in total. The summed E-state index contributed by atoms with van der Waals surface area (Å²) in [5.74, 6) is -0.396. The van der Waals surface area contributed by atoms with Crippen LogP contribution >= 0.6 is 0 Å². The second-order valence-corrected chi connectivity index (χ2v) is 4.37. The highest BCUT2D eigenvalue weighted by Gasteiger charge is 2.31. The Morgan fingerprint density at radius 2 is 1.88 bits per heavy atom. The second-order valence-electron chi connectivity index (χ2n) is 4.37. The van der Waals surface area contributed by atoms with Crippen LogP contribution in [-0.2, 0) is 14.9 Å². The van der Waals surface area contributed by atoms with Crippen LogP contribution < -0.4 is 5.73 Å². The molecule has 17 heavy (non-hydrogen) atoms. The normalized spacial score (nSPS) is 19.3. The van der Waals surface area contributed by atoms with Crippen LogP contribution in [0.15, 0.2) is 42.5 Å². The maximum atomic E-state index is 10.9. The zero-order valence-corrected chi connectivity index (χ0v) is 9.76. The minimum absolute atomic E-state index is 0.103. The lowest BCUT2D eigenvalue weighted by atomic mass is 9.74. The Balaban J connectivity index is 2.33. The monoisotopic (exact) mass is 231 g/mol. The lowest BCUT2D eigenvalue weighted by Gasteiger charge is -2.35. The molecule has 1 aromatic rings. The molecule has 3 heteroatoms. The summed E-state index contributed by atoms with van der Waals surface area (Å²) in [7, 11) is 0. The van der Waals surface area contributed by atoms with Gasteiger partial charge < -0.3 is 10.5 Å². The van der Waals surface area contributed by atoms with Crippen molar-refractivity contribution in [3.05, 3.63) is 48.0 Å². The number of hydrogen-bond donors (Lipinski definition) is 1. The fourth-order valence-electron chi connectivity index (χ4n) is 2.30. The predicted molar refractivity (Wildman–Crippen MR) is 66.5 cm³/mol. The number of allylic oxidation sites excluding steroid dienone is 1. The Morgan fingerprint density at radius 1 is 1.24 bits per heavy atom. The average molecular weight is 231 g/mol. The van der Waals surface area contributed by atoms with Gasteiger partial charge in [0.2, 0.25) is 5.91 Å². The first-order valence-electron chi connectivity index (χ1n) is 5.85. The number of primary amides is 1. The summed E-state index contributed by atoms with van der Waals surface area (Å²) in [5.41, 5.74) is 6.31. The minimum Gasteiger partial charge on any atom is -0.381 e. The van der Waals surface area contributed by atoms with Crippen molar-refractivity contribution in [2.75, 3.05) is 13.2 Å². The molecule has 1 saturated heterocycles. The summed E-state index contributed by atoms with van der Waals surface area (Å²) >= 11 is 0. The second kappa shape index (κ2) is 5.15. The van der Waals surface area contributed by atoms with E-state index in [4.69, 9.17) is 10.5 Å². The van der Waals surface area contributed by atoms with Gasteiger partial charge in [0.05, 0.1) is 0 Å². The van der Waals surface area contributed by atoms with E-state index in [1.807, 2.05) is 24.3 Å². The highest BCUT2D eigenvalue weighted by Crippen LogP contribution is 2.36. The van der Waals surface area contributed by atoms with Gasteiger partial charge in [-0.05, 0) is 24.5 Å². The Hall–Kier alpha value is -1.61. The van der Waals surface area contributed by atoms with Crippen LogP contribution in [0.4, 0.5) is 0 Å². The third-order valence-corrected chi connectivity index (χ3v) is 3.30. The van der Waals surface area contributed by atoms with E-state index in [2.05, 4.69) is 12.1 Å². The number of carbonyl (C=O) groups excluding carboxylic acids is 1. The van der Waals surface area contributed by atoms with Gasteiger partial charge in [-0.15, -0.1) is 0 Å². The smallest absolute Gasteiger partial charge is 0.241 e. The fourth-order valence-corrected chi connectivity index (χ4v) is 2.30. The molecule has 1 amide bonds. The number of rotatable bonds is 3. The molecule has 2 N–H and O–H groups in total. The van der Waals surface area contributed by atoms with Crippen molar-refractivity contribution in [3.63, 3.8) is 0 Å². The van der Waals surface area contributed by atoms with Gasteiger partial charge in [-0.25, -0.2) is 0 Å². The molecule has 0 bridgehead atoms. The van der Waals surface area contributed by atoms with Gasteiger partial charge in [0, 0.05) is 18.6 Å². The number of hydrogen-bond acceptors (Lipinski definition) is 2. The molecule has 1 heterocycles. The zero-order chi connectivity index (χ0) is 12.1. The van der Waals surface area contributed by atoms with Crippen LogP contribution in [0.5, 0.6) is 0 Å². The summed E-state index contributed by atoms with van der Waals surface area (Å²) in [4.78, 5) is 10.9. The molecule has 0 aromatic heterocycles. The molecule has 2 rings (SSSR count). The van der Waals surface area contributed by atoms with Gasteiger partial charge in [0.1, 0.15) is 0 Å². The van der Waals surface area contributed by atoms with E-state index < -0.39 is 5.91 Å². The predicted octanol–water partition coefficient (Wildman–Crippen LogP) is 1.78. The molecule has 90 valence electrons. The highest BCUT2D eigenvalue weighted by atomic mass is 16.5. The van der Waals surface area contributed by atoms with Gasteiger partial charge >= 0.3 is 0 Å². The Bertz CT molecular complexity index is 405. The van der Waals surface area contributed by atoms with E-state index in [9.17, 15) is 4.79 Å². The molecule has 0 atom stereocenters. The zero-order valence-electron chi connectivity index (χ0n) is 9.76. The Labute approximate surface area is 101 Å². The van der Waals surface area contributed by atoms with Crippen LogP contribution in [-0.4, -0.2) is 19.1 Å². The first kappa shape index (κ1) is 11.9. The largest absolute Gasteiger partial charge is 0.381 e. The van der Waals surface area contributed by atoms with E-state index in [1.165, 1.54) is 11.6 Å². The SMILES string of the molecule is NC(=O)/C=C\C1(c2ccccc2)CCOCC1. The molecule has 1 aromatic carbocycles. The van der Waals surface area contributed by atoms with Gasteiger partial charge in [-0.2, -0.15) is 0 Å². The molecular weight excluding hydrogens is 214 g/mol. The lowest BCUT2D eigenvalue weighted by Crippen LogP contribution is -2.32. The van der Waals surface area contributed by atoms with E-state index in [0.29, 0.717) is 0 Å². The Morgan fingerprint density at radius 3 is 2.47 bits per heavy atom. The number of ether oxygens (including phenoxy) is 1. The summed E-state index contributed by atoms with van der Waals surface area (Å²) in [6.07, 6.45) is 5.19. The maximum Gasteiger partial charge on any atom is 0.241 e. The van der Waals surface area contributed by atoms with Crippen LogP contribution in [0.2, 0.25) is 0 Å².